The average molecular weight is 367 g/mol. The van der Waals surface area contributed by atoms with Gasteiger partial charge in [-0.3, -0.25) is 4.79 Å². The van der Waals surface area contributed by atoms with E-state index in [1.54, 1.807) is 4.90 Å². The summed E-state index contributed by atoms with van der Waals surface area (Å²) < 4.78 is 38.5. The van der Waals surface area contributed by atoms with Gasteiger partial charge in [0.25, 0.3) is 0 Å². The average Bonchev–Trinajstić information content (AvgIpc) is 3.02. The molecule has 1 aliphatic heterocycles. The van der Waals surface area contributed by atoms with E-state index in [2.05, 4.69) is 29.3 Å². The standard InChI is InChI=1S/C17H20F3N5O/c1-11-6-12(2)9-24(8-11)15(26)10-25-22-16(21-23-25)13-4-3-5-14(7-13)17(18,19)20/h3-5,7,11-12H,6,8-10H2,1-2H3/t11-,12+. The second-order valence-electron chi connectivity index (χ2n) is 6.97. The summed E-state index contributed by atoms with van der Waals surface area (Å²) in [6, 6.07) is 4.72. The second kappa shape index (κ2) is 7.05. The lowest BCUT2D eigenvalue weighted by atomic mass is 9.92. The number of hydrogen-bond donors (Lipinski definition) is 0. The van der Waals surface area contributed by atoms with Crippen molar-refractivity contribution in [3.8, 4) is 11.4 Å². The quantitative estimate of drug-likeness (QED) is 0.837. The van der Waals surface area contributed by atoms with E-state index in [1.165, 1.54) is 12.1 Å². The lowest BCUT2D eigenvalue weighted by Crippen LogP contribution is -2.44. The first-order valence-corrected chi connectivity index (χ1v) is 8.45. The van der Waals surface area contributed by atoms with Crippen molar-refractivity contribution in [2.24, 2.45) is 11.8 Å². The summed E-state index contributed by atoms with van der Waals surface area (Å²) in [6.45, 7) is 5.52. The number of aromatic nitrogens is 4. The van der Waals surface area contributed by atoms with Crippen LogP contribution in [0.3, 0.4) is 0 Å². The van der Waals surface area contributed by atoms with Gasteiger partial charge in [-0.25, -0.2) is 0 Å². The molecule has 0 aliphatic carbocycles. The third-order valence-electron chi connectivity index (χ3n) is 4.40. The van der Waals surface area contributed by atoms with Crippen LogP contribution in [0.4, 0.5) is 13.2 Å². The molecule has 140 valence electrons. The van der Waals surface area contributed by atoms with Crippen molar-refractivity contribution in [2.45, 2.75) is 33.0 Å². The van der Waals surface area contributed by atoms with E-state index in [0.717, 1.165) is 23.4 Å². The molecule has 2 atom stereocenters. The molecule has 1 aromatic carbocycles. The molecule has 0 unspecified atom stereocenters. The Labute approximate surface area is 149 Å². The van der Waals surface area contributed by atoms with Crippen LogP contribution in [-0.2, 0) is 17.5 Å². The second-order valence-corrected chi connectivity index (χ2v) is 6.97. The molecule has 9 heteroatoms. The van der Waals surface area contributed by atoms with Crippen LogP contribution >= 0.6 is 0 Å². The van der Waals surface area contributed by atoms with Crippen molar-refractivity contribution in [3.05, 3.63) is 29.8 Å². The number of piperidine rings is 1. The van der Waals surface area contributed by atoms with Gasteiger partial charge in [0.15, 0.2) is 0 Å². The van der Waals surface area contributed by atoms with Crippen LogP contribution in [0, 0.1) is 11.8 Å². The van der Waals surface area contributed by atoms with E-state index >= 15 is 0 Å². The number of likely N-dealkylation sites (tertiary alicyclic amines) is 1. The number of nitrogens with zero attached hydrogens (tertiary/aromatic N) is 5. The fourth-order valence-electron chi connectivity index (χ4n) is 3.35. The molecule has 0 saturated carbocycles. The lowest BCUT2D eigenvalue weighted by molar-refractivity contribution is -0.137. The molecule has 0 spiro atoms. The van der Waals surface area contributed by atoms with Crippen molar-refractivity contribution in [2.75, 3.05) is 13.1 Å². The van der Waals surface area contributed by atoms with Gasteiger partial charge >= 0.3 is 6.18 Å². The minimum absolute atomic E-state index is 0.0595. The highest BCUT2D eigenvalue weighted by molar-refractivity contribution is 5.76. The molecule has 26 heavy (non-hydrogen) atoms. The van der Waals surface area contributed by atoms with Gasteiger partial charge in [-0.15, -0.1) is 10.2 Å². The molecule has 1 amide bonds. The van der Waals surface area contributed by atoms with Crippen LogP contribution in [0.15, 0.2) is 24.3 Å². The Morgan fingerprint density at radius 2 is 1.92 bits per heavy atom. The minimum Gasteiger partial charge on any atom is -0.340 e. The van der Waals surface area contributed by atoms with E-state index in [9.17, 15) is 18.0 Å². The topological polar surface area (TPSA) is 63.9 Å². The number of rotatable bonds is 3. The SMILES string of the molecule is C[C@@H]1C[C@H](C)CN(C(=O)Cn2nnc(-c3cccc(C(F)(F)F)c3)n2)C1. The van der Waals surface area contributed by atoms with Crippen molar-refractivity contribution >= 4 is 5.91 Å². The zero-order valence-corrected chi connectivity index (χ0v) is 14.6. The number of halogens is 3. The summed E-state index contributed by atoms with van der Waals surface area (Å²) in [5.74, 6) is 0.819. The van der Waals surface area contributed by atoms with Crippen LogP contribution in [0.5, 0.6) is 0 Å². The first-order valence-electron chi connectivity index (χ1n) is 8.45. The molecular formula is C17H20F3N5O. The smallest absolute Gasteiger partial charge is 0.340 e. The maximum Gasteiger partial charge on any atom is 0.416 e. The highest BCUT2D eigenvalue weighted by atomic mass is 19.4. The van der Waals surface area contributed by atoms with Crippen LogP contribution in [0.1, 0.15) is 25.8 Å². The zero-order chi connectivity index (χ0) is 18.9. The fourth-order valence-corrected chi connectivity index (χ4v) is 3.35. The summed E-state index contributed by atoms with van der Waals surface area (Å²) in [6.07, 6.45) is -3.35. The number of carbonyl (C=O) groups is 1. The molecular weight excluding hydrogens is 347 g/mol. The molecule has 1 aromatic heterocycles. The third kappa shape index (κ3) is 4.20. The van der Waals surface area contributed by atoms with Gasteiger partial charge in [-0.05, 0) is 35.6 Å². The number of carbonyl (C=O) groups excluding carboxylic acids is 1. The van der Waals surface area contributed by atoms with E-state index in [4.69, 9.17) is 0 Å². The predicted octanol–water partition coefficient (Wildman–Crippen LogP) is 2.86. The Hall–Kier alpha value is -2.45. The maximum absolute atomic E-state index is 12.8. The molecule has 1 saturated heterocycles. The molecule has 2 heterocycles. The van der Waals surface area contributed by atoms with Gasteiger partial charge in [0, 0.05) is 18.7 Å². The molecule has 0 N–H and O–H groups in total. The van der Waals surface area contributed by atoms with Crippen LogP contribution in [0.25, 0.3) is 11.4 Å². The highest BCUT2D eigenvalue weighted by Gasteiger charge is 2.31. The summed E-state index contributed by atoms with van der Waals surface area (Å²) in [7, 11) is 0. The summed E-state index contributed by atoms with van der Waals surface area (Å²) in [4.78, 5) is 15.3. The van der Waals surface area contributed by atoms with Crippen molar-refractivity contribution < 1.29 is 18.0 Å². The number of tetrazole rings is 1. The molecule has 3 rings (SSSR count). The van der Waals surface area contributed by atoms with E-state index in [-0.39, 0.29) is 23.8 Å². The monoisotopic (exact) mass is 367 g/mol. The van der Waals surface area contributed by atoms with Gasteiger partial charge in [-0.2, -0.15) is 18.0 Å². The number of benzene rings is 1. The Balaban J connectivity index is 1.71. The molecule has 2 aromatic rings. The molecule has 0 bridgehead atoms. The summed E-state index contributed by atoms with van der Waals surface area (Å²) in [5.41, 5.74) is -0.572. The number of hydrogen-bond acceptors (Lipinski definition) is 4. The largest absolute Gasteiger partial charge is 0.416 e. The Bertz CT molecular complexity index is 779. The lowest BCUT2D eigenvalue weighted by Gasteiger charge is -2.34. The maximum atomic E-state index is 12.8. The zero-order valence-electron chi connectivity index (χ0n) is 14.6. The van der Waals surface area contributed by atoms with Crippen LogP contribution in [0.2, 0.25) is 0 Å². The van der Waals surface area contributed by atoms with Gasteiger partial charge in [0.1, 0.15) is 6.54 Å². The van der Waals surface area contributed by atoms with Gasteiger partial charge < -0.3 is 4.90 Å². The number of amides is 1. The molecule has 1 fully saturated rings. The first-order chi connectivity index (χ1) is 12.2. The van der Waals surface area contributed by atoms with Crippen molar-refractivity contribution in [1.29, 1.82) is 0 Å². The fraction of sp³-hybridized carbons (Fsp3) is 0.529. The third-order valence-corrected chi connectivity index (χ3v) is 4.40. The van der Waals surface area contributed by atoms with E-state index in [1.807, 2.05) is 0 Å². The number of alkyl halides is 3. The van der Waals surface area contributed by atoms with Crippen LogP contribution < -0.4 is 0 Å². The van der Waals surface area contributed by atoms with Crippen LogP contribution in [-0.4, -0.2) is 44.1 Å². The molecule has 0 radical (unpaired) electrons. The van der Waals surface area contributed by atoms with Gasteiger partial charge in [0.05, 0.1) is 5.56 Å². The Morgan fingerprint density at radius 3 is 2.58 bits per heavy atom. The van der Waals surface area contributed by atoms with E-state index < -0.39 is 11.7 Å². The molecule has 6 nitrogen and oxygen atoms in total. The van der Waals surface area contributed by atoms with Crippen molar-refractivity contribution in [3.63, 3.8) is 0 Å². The van der Waals surface area contributed by atoms with Gasteiger partial charge in [0.2, 0.25) is 11.7 Å². The van der Waals surface area contributed by atoms with Gasteiger partial charge in [-0.1, -0.05) is 26.0 Å². The van der Waals surface area contributed by atoms with Crippen molar-refractivity contribution in [1.82, 2.24) is 25.1 Å². The Kier molecular flexibility index (Phi) is 4.97. The van der Waals surface area contributed by atoms with E-state index in [0.29, 0.717) is 24.9 Å². The highest BCUT2D eigenvalue weighted by Crippen LogP contribution is 2.31. The minimum atomic E-state index is -4.44. The first kappa shape index (κ1) is 18.3. The molecule has 1 aliphatic rings. The summed E-state index contributed by atoms with van der Waals surface area (Å²) in [5, 5.41) is 11.6. The summed E-state index contributed by atoms with van der Waals surface area (Å²) >= 11 is 0. The normalized spacial score (nSPS) is 21.0. The Morgan fingerprint density at radius 1 is 1.23 bits per heavy atom. The predicted molar refractivity (Wildman–Crippen MR) is 87.8 cm³/mol.